The van der Waals surface area contributed by atoms with Crippen LogP contribution in [0, 0.1) is 5.92 Å². The molecular formula is C14H22N2. The van der Waals surface area contributed by atoms with Crippen molar-refractivity contribution in [1.82, 2.24) is 10.3 Å². The maximum absolute atomic E-state index is 4.17. The van der Waals surface area contributed by atoms with Gasteiger partial charge >= 0.3 is 0 Å². The van der Waals surface area contributed by atoms with Crippen molar-refractivity contribution in [3.05, 3.63) is 30.1 Å². The van der Waals surface area contributed by atoms with Crippen LogP contribution in [0.25, 0.3) is 0 Å². The zero-order valence-electron chi connectivity index (χ0n) is 10.3. The van der Waals surface area contributed by atoms with Gasteiger partial charge in [0.05, 0.1) is 0 Å². The summed E-state index contributed by atoms with van der Waals surface area (Å²) in [7, 11) is 0. The molecule has 1 fully saturated rings. The summed E-state index contributed by atoms with van der Waals surface area (Å²) in [5.74, 6) is 0.874. The van der Waals surface area contributed by atoms with Crippen LogP contribution in [0.1, 0.15) is 51.1 Å². The Morgan fingerprint density at radius 2 is 2.06 bits per heavy atom. The predicted octanol–water partition coefficient (Wildman–Crippen LogP) is 3.31. The molecule has 0 spiro atoms. The summed E-state index contributed by atoms with van der Waals surface area (Å²) in [4.78, 5) is 4.17. The van der Waals surface area contributed by atoms with Gasteiger partial charge in [-0.25, -0.2) is 0 Å². The summed E-state index contributed by atoms with van der Waals surface area (Å²) in [6.07, 6.45) is 9.41. The Bertz CT molecular complexity index is 304. The van der Waals surface area contributed by atoms with Crippen molar-refractivity contribution in [2.24, 2.45) is 5.92 Å². The molecule has 1 heterocycles. The third-order valence-corrected chi connectivity index (χ3v) is 3.80. The fourth-order valence-corrected chi connectivity index (χ4v) is 2.72. The molecule has 1 unspecified atom stereocenters. The highest BCUT2D eigenvalue weighted by Gasteiger charge is 2.22. The Kier molecular flexibility index (Phi) is 3.94. The van der Waals surface area contributed by atoms with Gasteiger partial charge in [0.2, 0.25) is 0 Å². The number of hydrogen-bond acceptors (Lipinski definition) is 2. The first-order valence-corrected chi connectivity index (χ1v) is 6.43. The average molecular weight is 218 g/mol. The van der Waals surface area contributed by atoms with Crippen LogP contribution in [0.15, 0.2) is 24.5 Å². The molecule has 1 aromatic rings. The molecule has 1 N–H and O–H groups in total. The van der Waals surface area contributed by atoms with Gasteiger partial charge in [0.15, 0.2) is 0 Å². The van der Waals surface area contributed by atoms with Gasteiger partial charge in [-0.1, -0.05) is 18.9 Å². The molecule has 0 amide bonds. The zero-order chi connectivity index (χ0) is 11.4. The fraction of sp³-hybridized carbons (Fsp3) is 0.643. The largest absolute Gasteiger partial charge is 0.307 e. The third-order valence-electron chi connectivity index (χ3n) is 3.80. The minimum atomic E-state index is 0.407. The van der Waals surface area contributed by atoms with Crippen LogP contribution in [0.2, 0.25) is 0 Å². The average Bonchev–Trinajstić information content (AvgIpc) is 2.83. The summed E-state index contributed by atoms with van der Waals surface area (Å²) in [5.41, 5.74) is 1.28. The molecule has 1 saturated carbocycles. The maximum atomic E-state index is 4.17. The molecule has 1 aliphatic rings. The molecule has 2 nitrogen and oxygen atoms in total. The summed E-state index contributed by atoms with van der Waals surface area (Å²) in [6.45, 7) is 4.55. The Hall–Kier alpha value is -0.890. The van der Waals surface area contributed by atoms with Crippen molar-refractivity contribution in [2.75, 3.05) is 0 Å². The van der Waals surface area contributed by atoms with Crippen molar-refractivity contribution in [3.63, 3.8) is 0 Å². The number of hydrogen-bond donors (Lipinski definition) is 1. The van der Waals surface area contributed by atoms with E-state index in [1.807, 2.05) is 18.5 Å². The van der Waals surface area contributed by atoms with Gasteiger partial charge < -0.3 is 5.32 Å². The zero-order valence-corrected chi connectivity index (χ0v) is 10.3. The van der Waals surface area contributed by atoms with Gasteiger partial charge in [-0.05, 0) is 44.2 Å². The van der Waals surface area contributed by atoms with E-state index in [1.165, 1.54) is 31.2 Å². The number of pyridine rings is 1. The van der Waals surface area contributed by atoms with Crippen LogP contribution in [0.5, 0.6) is 0 Å². The van der Waals surface area contributed by atoms with Crippen LogP contribution < -0.4 is 5.32 Å². The Morgan fingerprint density at radius 3 is 2.69 bits per heavy atom. The number of nitrogens with one attached hydrogen (secondary N) is 1. The van der Waals surface area contributed by atoms with Crippen LogP contribution in [-0.4, -0.2) is 11.0 Å². The number of rotatable bonds is 4. The normalized spacial score (nSPS) is 20.9. The maximum Gasteiger partial charge on any atom is 0.0315 e. The van der Waals surface area contributed by atoms with Crippen molar-refractivity contribution >= 4 is 0 Å². The van der Waals surface area contributed by atoms with E-state index >= 15 is 0 Å². The van der Waals surface area contributed by atoms with E-state index in [4.69, 9.17) is 0 Å². The van der Waals surface area contributed by atoms with Gasteiger partial charge in [0.1, 0.15) is 0 Å². The first-order chi connectivity index (χ1) is 7.77. The lowest BCUT2D eigenvalue weighted by atomic mass is 9.98. The van der Waals surface area contributed by atoms with E-state index in [0.29, 0.717) is 12.1 Å². The molecule has 16 heavy (non-hydrogen) atoms. The quantitative estimate of drug-likeness (QED) is 0.838. The van der Waals surface area contributed by atoms with Gasteiger partial charge in [-0.2, -0.15) is 0 Å². The van der Waals surface area contributed by atoms with Crippen molar-refractivity contribution < 1.29 is 0 Å². The van der Waals surface area contributed by atoms with E-state index in [9.17, 15) is 0 Å². The van der Waals surface area contributed by atoms with E-state index in [0.717, 1.165) is 5.92 Å². The lowest BCUT2D eigenvalue weighted by Crippen LogP contribution is -2.34. The van der Waals surface area contributed by atoms with Crippen molar-refractivity contribution in [2.45, 2.75) is 51.6 Å². The SMILES string of the molecule is CC(N[C@H](C)C1CCCC1)c1cccnc1. The monoisotopic (exact) mass is 218 g/mol. The minimum Gasteiger partial charge on any atom is -0.307 e. The van der Waals surface area contributed by atoms with Crippen LogP contribution >= 0.6 is 0 Å². The van der Waals surface area contributed by atoms with Gasteiger partial charge in [-0.3, -0.25) is 4.98 Å². The van der Waals surface area contributed by atoms with Gasteiger partial charge in [0, 0.05) is 24.5 Å². The molecule has 0 radical (unpaired) electrons. The number of aromatic nitrogens is 1. The standard InChI is InChI=1S/C14H22N2/c1-11(13-6-3-4-7-13)16-12(2)14-8-5-9-15-10-14/h5,8-13,16H,3-4,6-7H2,1-2H3/t11-,12?/m1/s1. The molecule has 0 bridgehead atoms. The second kappa shape index (κ2) is 5.44. The third kappa shape index (κ3) is 2.82. The molecule has 1 aromatic heterocycles. The molecular weight excluding hydrogens is 196 g/mol. The second-order valence-electron chi connectivity index (χ2n) is 5.01. The highest BCUT2D eigenvalue weighted by molar-refractivity contribution is 5.13. The summed E-state index contributed by atoms with van der Waals surface area (Å²) in [5, 5.41) is 3.70. The minimum absolute atomic E-state index is 0.407. The highest BCUT2D eigenvalue weighted by atomic mass is 14.9. The lowest BCUT2D eigenvalue weighted by molar-refractivity contribution is 0.352. The molecule has 1 aliphatic carbocycles. The van der Waals surface area contributed by atoms with Crippen molar-refractivity contribution in [1.29, 1.82) is 0 Å². The first-order valence-electron chi connectivity index (χ1n) is 6.43. The van der Waals surface area contributed by atoms with Crippen LogP contribution in [0.4, 0.5) is 0 Å². The summed E-state index contributed by atoms with van der Waals surface area (Å²) in [6, 6.07) is 5.18. The molecule has 0 aromatic carbocycles. The fourth-order valence-electron chi connectivity index (χ4n) is 2.72. The Balaban J connectivity index is 1.89. The van der Waals surface area contributed by atoms with Gasteiger partial charge in [-0.15, -0.1) is 0 Å². The second-order valence-corrected chi connectivity index (χ2v) is 5.01. The van der Waals surface area contributed by atoms with Crippen molar-refractivity contribution in [3.8, 4) is 0 Å². The smallest absolute Gasteiger partial charge is 0.0315 e. The topological polar surface area (TPSA) is 24.9 Å². The Morgan fingerprint density at radius 1 is 1.31 bits per heavy atom. The van der Waals surface area contributed by atoms with Crippen LogP contribution in [-0.2, 0) is 0 Å². The predicted molar refractivity (Wildman–Crippen MR) is 67.2 cm³/mol. The van der Waals surface area contributed by atoms with E-state index in [-0.39, 0.29) is 0 Å². The summed E-state index contributed by atoms with van der Waals surface area (Å²) >= 11 is 0. The molecule has 2 rings (SSSR count). The van der Waals surface area contributed by atoms with Crippen LogP contribution in [0.3, 0.4) is 0 Å². The molecule has 2 atom stereocenters. The van der Waals surface area contributed by atoms with Gasteiger partial charge in [0.25, 0.3) is 0 Å². The highest BCUT2D eigenvalue weighted by Crippen LogP contribution is 2.28. The van der Waals surface area contributed by atoms with E-state index in [2.05, 4.69) is 30.2 Å². The number of nitrogens with zero attached hydrogens (tertiary/aromatic N) is 1. The lowest BCUT2D eigenvalue weighted by Gasteiger charge is -2.24. The van der Waals surface area contributed by atoms with E-state index in [1.54, 1.807) is 0 Å². The molecule has 88 valence electrons. The molecule has 0 saturated heterocycles. The molecule has 0 aliphatic heterocycles. The first kappa shape index (κ1) is 11.6. The van der Waals surface area contributed by atoms with E-state index < -0.39 is 0 Å². The Labute approximate surface area is 98.5 Å². The molecule has 2 heteroatoms. The summed E-state index contributed by atoms with van der Waals surface area (Å²) < 4.78 is 0.